The first-order valence-electron chi connectivity index (χ1n) is 7.95. The van der Waals surface area contributed by atoms with Crippen molar-refractivity contribution >= 4 is 27.0 Å². The van der Waals surface area contributed by atoms with Crippen LogP contribution in [0.3, 0.4) is 0 Å². The Morgan fingerprint density at radius 1 is 0.947 bits per heavy atom. The molecule has 0 spiro atoms. The van der Waals surface area contributed by atoms with Gasteiger partial charge in [-0.25, -0.2) is 0 Å². The van der Waals surface area contributed by atoms with Gasteiger partial charge in [-0.15, -0.1) is 11.6 Å². The maximum absolute atomic E-state index is 6.52. The fourth-order valence-corrected chi connectivity index (χ4v) is 3.84. The summed E-state index contributed by atoms with van der Waals surface area (Å²) in [5.74, 6) is 0. The van der Waals surface area contributed by atoms with Crippen molar-refractivity contribution in [1.29, 1.82) is 0 Å². The second kappa shape index (κ2) is 10.5. The number of unbranched alkanes of at least 4 members (excludes halogenated alkanes) is 7. The van der Waals surface area contributed by atoms with Crippen molar-refractivity contribution in [2.24, 2.45) is 0 Å². The Balaban J connectivity index is 2.08. The van der Waals surface area contributed by atoms with E-state index < -0.39 is 0 Å². The van der Waals surface area contributed by atoms with Crippen molar-refractivity contribution in [3.8, 4) is 0 Å². The molecule has 0 saturated carbocycles. The molecule has 0 radical (unpaired) electrons. The van der Waals surface area contributed by atoms with E-state index in [0.29, 0.717) is 0 Å². The molecule has 1 atom stereocenters. The summed E-state index contributed by atoms with van der Waals surface area (Å²) in [6, 6.07) is 8.64. The van der Waals surface area contributed by atoms with Crippen LogP contribution in [0.1, 0.15) is 75.7 Å². The fraction of sp³-hybridized carbons (Fsp3) is 0.647. The highest BCUT2D eigenvalue weighted by Crippen LogP contribution is 2.25. The minimum Gasteiger partial charge on any atom is -0.118 e. The molecule has 0 bridgehead atoms. The second-order valence-corrected chi connectivity index (χ2v) is 7.19. The molecule has 0 saturated heterocycles. The largest absolute Gasteiger partial charge is 0.118 e. The molecule has 0 amide bonds. The summed E-state index contributed by atoms with van der Waals surface area (Å²) in [7, 11) is 1.10. The van der Waals surface area contributed by atoms with Gasteiger partial charge in [-0.2, -0.15) is 0 Å². The third kappa shape index (κ3) is 7.17. The van der Waals surface area contributed by atoms with Gasteiger partial charge in [0.1, 0.15) is 0 Å². The van der Waals surface area contributed by atoms with Crippen LogP contribution >= 0.6 is 11.6 Å². The Kier molecular flexibility index (Phi) is 9.28. The summed E-state index contributed by atoms with van der Waals surface area (Å²) in [5.41, 5.74) is 1.37. The van der Waals surface area contributed by atoms with Gasteiger partial charge in [0, 0.05) is 10.2 Å². The smallest absolute Gasteiger partial charge is 0.0583 e. The molecule has 1 aromatic rings. The van der Waals surface area contributed by atoms with Gasteiger partial charge in [0.05, 0.1) is 5.38 Å². The van der Waals surface area contributed by atoms with Crippen LogP contribution in [0.25, 0.3) is 0 Å². The zero-order chi connectivity index (χ0) is 13.9. The highest BCUT2D eigenvalue weighted by atomic mass is 35.5. The molecule has 0 fully saturated rings. The van der Waals surface area contributed by atoms with Gasteiger partial charge >= 0.3 is 0 Å². The molecule has 2 heteroatoms. The quantitative estimate of drug-likeness (QED) is 0.339. The standard InChI is InChI=1S/C17H29ClSi/c1-2-3-4-5-6-7-8-9-13-16(18)15-12-10-11-14-17(15)19/h10-12,14,16H,2-9,13H2,1,19H3. The summed E-state index contributed by atoms with van der Waals surface area (Å²) >= 11 is 6.52. The van der Waals surface area contributed by atoms with Crippen molar-refractivity contribution in [3.63, 3.8) is 0 Å². The third-order valence-corrected chi connectivity index (χ3v) is 5.20. The first-order chi connectivity index (χ1) is 9.25. The number of hydrogen-bond donors (Lipinski definition) is 0. The van der Waals surface area contributed by atoms with Crippen LogP contribution in [0.4, 0.5) is 0 Å². The molecule has 1 unspecified atom stereocenters. The van der Waals surface area contributed by atoms with Crippen molar-refractivity contribution in [2.75, 3.05) is 0 Å². The molecule has 108 valence electrons. The molecule has 0 aliphatic heterocycles. The summed E-state index contributed by atoms with van der Waals surface area (Å²) in [4.78, 5) is 0. The lowest BCUT2D eigenvalue weighted by atomic mass is 10.0. The number of halogens is 1. The first kappa shape index (κ1) is 16.8. The normalized spacial score (nSPS) is 12.7. The Labute approximate surface area is 127 Å². The lowest BCUT2D eigenvalue weighted by molar-refractivity contribution is 0.562. The van der Waals surface area contributed by atoms with Crippen LogP contribution in [-0.2, 0) is 0 Å². The fourth-order valence-electron chi connectivity index (χ4n) is 2.55. The van der Waals surface area contributed by atoms with Gasteiger partial charge in [-0.1, -0.05) is 87.7 Å². The maximum Gasteiger partial charge on any atom is 0.0583 e. The molecule has 1 rings (SSSR count). The van der Waals surface area contributed by atoms with Crippen molar-refractivity contribution in [3.05, 3.63) is 29.8 Å². The molecule has 0 aliphatic carbocycles. The topological polar surface area (TPSA) is 0 Å². The lowest BCUT2D eigenvalue weighted by Gasteiger charge is -2.12. The molecule has 0 heterocycles. The number of alkyl halides is 1. The Morgan fingerprint density at radius 3 is 2.16 bits per heavy atom. The SMILES string of the molecule is CCCCCCCCCCC(Cl)c1ccccc1[SiH3]. The number of hydrogen-bond acceptors (Lipinski definition) is 0. The molecule has 19 heavy (non-hydrogen) atoms. The molecule has 0 aromatic heterocycles. The third-order valence-electron chi connectivity index (χ3n) is 3.84. The van der Waals surface area contributed by atoms with E-state index in [1.165, 1.54) is 62.1 Å². The monoisotopic (exact) mass is 296 g/mol. The molecule has 1 aromatic carbocycles. The number of rotatable bonds is 10. The summed E-state index contributed by atoms with van der Waals surface area (Å²) < 4.78 is 0. The Morgan fingerprint density at radius 2 is 1.53 bits per heavy atom. The van der Waals surface area contributed by atoms with E-state index in [0.717, 1.165) is 16.7 Å². The average molecular weight is 297 g/mol. The van der Waals surface area contributed by atoms with Gasteiger partial charge in [0.25, 0.3) is 0 Å². The van der Waals surface area contributed by atoms with Gasteiger partial charge < -0.3 is 0 Å². The Bertz CT molecular complexity index is 338. The van der Waals surface area contributed by atoms with Crippen molar-refractivity contribution < 1.29 is 0 Å². The molecular weight excluding hydrogens is 268 g/mol. The molecule has 0 nitrogen and oxygen atoms in total. The Hall–Kier alpha value is -0.273. The summed E-state index contributed by atoms with van der Waals surface area (Å²) in [6.45, 7) is 2.27. The van der Waals surface area contributed by atoms with E-state index in [2.05, 4.69) is 31.2 Å². The summed E-state index contributed by atoms with van der Waals surface area (Å²) in [5, 5.41) is 1.69. The predicted molar refractivity (Wildman–Crippen MR) is 91.8 cm³/mol. The minimum absolute atomic E-state index is 0.230. The van der Waals surface area contributed by atoms with Crippen LogP contribution < -0.4 is 5.19 Å². The van der Waals surface area contributed by atoms with E-state index in [1.807, 2.05) is 0 Å². The van der Waals surface area contributed by atoms with Gasteiger partial charge in [-0.3, -0.25) is 0 Å². The van der Waals surface area contributed by atoms with Gasteiger partial charge in [0.2, 0.25) is 0 Å². The van der Waals surface area contributed by atoms with Crippen molar-refractivity contribution in [2.45, 2.75) is 70.1 Å². The van der Waals surface area contributed by atoms with Gasteiger partial charge in [0.15, 0.2) is 0 Å². The summed E-state index contributed by atoms with van der Waals surface area (Å²) in [6.07, 6.45) is 12.1. The van der Waals surface area contributed by atoms with E-state index in [4.69, 9.17) is 11.6 Å². The van der Waals surface area contributed by atoms with E-state index >= 15 is 0 Å². The van der Waals surface area contributed by atoms with Crippen molar-refractivity contribution in [1.82, 2.24) is 0 Å². The number of benzene rings is 1. The van der Waals surface area contributed by atoms with Crippen LogP contribution in [0.2, 0.25) is 0 Å². The zero-order valence-electron chi connectivity index (χ0n) is 12.6. The minimum atomic E-state index is 0.230. The van der Waals surface area contributed by atoms with Crippen LogP contribution in [0, 0.1) is 0 Å². The zero-order valence-corrected chi connectivity index (χ0v) is 15.4. The van der Waals surface area contributed by atoms with Gasteiger partial charge in [-0.05, 0) is 12.0 Å². The first-order valence-corrected chi connectivity index (χ1v) is 9.39. The predicted octanol–water partition coefficient (Wildman–Crippen LogP) is 4.49. The molecule has 0 aliphatic rings. The van der Waals surface area contributed by atoms with Crippen LogP contribution in [-0.4, -0.2) is 10.2 Å². The van der Waals surface area contributed by atoms with Crippen LogP contribution in [0.5, 0.6) is 0 Å². The second-order valence-electron chi connectivity index (χ2n) is 5.59. The lowest BCUT2D eigenvalue weighted by Crippen LogP contribution is -2.11. The average Bonchev–Trinajstić information content (AvgIpc) is 2.42. The van der Waals surface area contributed by atoms with Crippen LogP contribution in [0.15, 0.2) is 24.3 Å². The molecule has 0 N–H and O–H groups in total. The molecular formula is C17H29ClSi. The van der Waals surface area contributed by atoms with E-state index in [-0.39, 0.29) is 5.38 Å². The highest BCUT2D eigenvalue weighted by Gasteiger charge is 2.09. The van der Waals surface area contributed by atoms with E-state index in [1.54, 1.807) is 0 Å². The highest BCUT2D eigenvalue weighted by molar-refractivity contribution is 6.34. The van der Waals surface area contributed by atoms with E-state index in [9.17, 15) is 0 Å². The maximum atomic E-state index is 6.52.